The van der Waals surface area contributed by atoms with E-state index in [0.717, 1.165) is 0 Å². The first-order valence-electron chi connectivity index (χ1n) is 3.39. The molecule has 0 amide bonds. The van der Waals surface area contributed by atoms with Crippen LogP contribution in [0, 0.1) is 0 Å². The third-order valence-electron chi connectivity index (χ3n) is 0.864. The topological polar surface area (TPSA) is 75.6 Å². The summed E-state index contributed by atoms with van der Waals surface area (Å²) in [5.74, 6) is 0. The molecule has 1 aliphatic rings. The molecule has 0 spiro atoms. The van der Waals surface area contributed by atoms with Crippen molar-refractivity contribution >= 4 is 7.32 Å². The fraction of sp³-hybridized carbons (Fsp3) is 1.00. The minimum absolute atomic E-state index is 0.0171. The van der Waals surface area contributed by atoms with Gasteiger partial charge < -0.3 is 5.11 Å². The summed E-state index contributed by atoms with van der Waals surface area (Å²) in [6.07, 6.45) is 0. The molecule has 0 aliphatic carbocycles. The van der Waals surface area contributed by atoms with Crippen molar-refractivity contribution in [2.24, 2.45) is 0 Å². The van der Waals surface area contributed by atoms with Gasteiger partial charge in [0.2, 0.25) is 0 Å². The largest absolute Gasteiger partial charge is 0.725 e. The molecule has 8 heteroatoms. The molecule has 1 fully saturated rings. The lowest BCUT2D eigenvalue weighted by Gasteiger charge is -2.05. The molecule has 12 heavy (non-hydrogen) atoms. The van der Waals surface area contributed by atoms with Gasteiger partial charge >= 0.3 is 7.32 Å². The zero-order valence-corrected chi connectivity index (χ0v) is 6.30. The average molecular weight is 180 g/mol. The maximum Gasteiger partial charge on any atom is 0.725 e. The first kappa shape index (κ1) is 9.87. The van der Waals surface area contributed by atoms with Crippen LogP contribution in [-0.2, 0) is 29.1 Å². The third-order valence-corrected chi connectivity index (χ3v) is 0.864. The van der Waals surface area contributed by atoms with Crippen LogP contribution in [0.25, 0.3) is 0 Å². The molecular weight excluding hydrogens is 171 g/mol. The van der Waals surface area contributed by atoms with E-state index in [1.807, 2.05) is 0 Å². The lowest BCUT2D eigenvalue weighted by Crippen LogP contribution is -2.25. The molecule has 0 atom stereocenters. The monoisotopic (exact) mass is 180 g/mol. The summed E-state index contributed by atoms with van der Waals surface area (Å²) in [7, 11) is -1.18. The van der Waals surface area contributed by atoms with E-state index >= 15 is 0 Å². The smallest absolute Gasteiger partial charge is 0.394 e. The van der Waals surface area contributed by atoms with Gasteiger partial charge in [-0.05, 0) is 0 Å². The molecule has 1 heterocycles. The van der Waals surface area contributed by atoms with Crippen LogP contribution in [0.5, 0.6) is 0 Å². The minimum atomic E-state index is -1.18. The Morgan fingerprint density at radius 2 is 1.92 bits per heavy atom. The fourth-order valence-electron chi connectivity index (χ4n) is 0.464. The molecule has 0 aromatic heterocycles. The van der Waals surface area contributed by atoms with E-state index in [2.05, 4.69) is 29.1 Å². The minimum Gasteiger partial charge on any atom is -0.394 e. The van der Waals surface area contributed by atoms with Crippen LogP contribution < -0.4 is 0 Å². The summed E-state index contributed by atoms with van der Waals surface area (Å²) >= 11 is 0. The molecular formula is C4H9BO7. The van der Waals surface area contributed by atoms with E-state index in [-0.39, 0.29) is 26.4 Å². The zero-order chi connectivity index (χ0) is 8.65. The third kappa shape index (κ3) is 3.97. The molecule has 7 nitrogen and oxygen atoms in total. The Balaban J connectivity index is 2.04. The van der Waals surface area contributed by atoms with Crippen LogP contribution in [0.15, 0.2) is 0 Å². The Morgan fingerprint density at radius 3 is 2.50 bits per heavy atom. The standard InChI is InChI=1S/C4H9BO7/c6-1-2-7-10-5-11-8-3-4-9-12-5/h6H,1-4H2. The second-order valence-corrected chi connectivity index (χ2v) is 1.77. The molecule has 1 rings (SSSR count). The summed E-state index contributed by atoms with van der Waals surface area (Å²) in [5.41, 5.74) is 0. The highest BCUT2D eigenvalue weighted by molar-refractivity contribution is 6.35. The van der Waals surface area contributed by atoms with Crippen LogP contribution in [0.2, 0.25) is 0 Å². The molecule has 1 aliphatic heterocycles. The van der Waals surface area contributed by atoms with Crippen molar-refractivity contribution in [3.63, 3.8) is 0 Å². The number of aliphatic hydroxyl groups is 1. The first-order chi connectivity index (χ1) is 5.93. The lowest BCUT2D eigenvalue weighted by atomic mass is 10.3. The van der Waals surface area contributed by atoms with Crippen molar-refractivity contribution in [1.82, 2.24) is 0 Å². The predicted molar refractivity (Wildman–Crippen MR) is 34.0 cm³/mol. The van der Waals surface area contributed by atoms with E-state index in [9.17, 15) is 0 Å². The van der Waals surface area contributed by atoms with Gasteiger partial charge in [-0.2, -0.15) is 0 Å². The van der Waals surface area contributed by atoms with Gasteiger partial charge in [-0.1, -0.05) is 0 Å². The number of rotatable bonds is 4. The van der Waals surface area contributed by atoms with E-state index < -0.39 is 7.32 Å². The zero-order valence-electron chi connectivity index (χ0n) is 6.30. The molecule has 0 saturated carbocycles. The molecule has 0 radical (unpaired) electrons. The van der Waals surface area contributed by atoms with Gasteiger partial charge in [-0.25, -0.2) is 29.1 Å². The SMILES string of the molecule is OCCOOB1OOCCOO1. The molecule has 0 aromatic rings. The lowest BCUT2D eigenvalue weighted by molar-refractivity contribution is -0.317. The predicted octanol–water partition coefficient (Wildman–Crippen LogP) is -1.18. The van der Waals surface area contributed by atoms with Crippen molar-refractivity contribution in [3.8, 4) is 0 Å². The second kappa shape index (κ2) is 6.32. The molecule has 0 unspecified atom stereocenters. The number of hydrogen-bond acceptors (Lipinski definition) is 7. The maximum absolute atomic E-state index is 8.30. The van der Waals surface area contributed by atoms with Crippen LogP contribution in [-0.4, -0.2) is 38.9 Å². The van der Waals surface area contributed by atoms with E-state index in [1.165, 1.54) is 0 Å². The van der Waals surface area contributed by atoms with Gasteiger partial charge in [-0.3, -0.25) is 0 Å². The van der Waals surface area contributed by atoms with Crippen molar-refractivity contribution in [3.05, 3.63) is 0 Å². The summed E-state index contributed by atoms with van der Waals surface area (Å²) in [4.78, 5) is 26.9. The maximum atomic E-state index is 8.30. The molecule has 1 saturated heterocycles. The van der Waals surface area contributed by atoms with Crippen LogP contribution in [0.4, 0.5) is 0 Å². The Labute approximate surface area is 69.0 Å². The normalized spacial score (nSPS) is 19.2. The summed E-state index contributed by atoms with van der Waals surface area (Å²) in [6.45, 7) is 0.359. The van der Waals surface area contributed by atoms with Crippen molar-refractivity contribution in [2.75, 3.05) is 26.4 Å². The Kier molecular flexibility index (Phi) is 5.20. The highest BCUT2D eigenvalue weighted by Crippen LogP contribution is 1.99. The van der Waals surface area contributed by atoms with Gasteiger partial charge in [0, 0.05) is 0 Å². The van der Waals surface area contributed by atoms with Gasteiger partial charge in [0.25, 0.3) is 0 Å². The molecule has 0 bridgehead atoms. The van der Waals surface area contributed by atoms with Crippen LogP contribution in [0.1, 0.15) is 0 Å². The molecule has 70 valence electrons. The van der Waals surface area contributed by atoms with Gasteiger partial charge in [0.05, 0.1) is 6.61 Å². The highest BCUT2D eigenvalue weighted by Gasteiger charge is 2.28. The van der Waals surface area contributed by atoms with E-state index in [0.29, 0.717) is 0 Å². The number of aliphatic hydroxyl groups excluding tert-OH is 1. The first-order valence-corrected chi connectivity index (χ1v) is 3.39. The van der Waals surface area contributed by atoms with Crippen LogP contribution in [0.3, 0.4) is 0 Å². The molecule has 1 N–H and O–H groups in total. The van der Waals surface area contributed by atoms with E-state index in [4.69, 9.17) is 5.11 Å². The van der Waals surface area contributed by atoms with Gasteiger partial charge in [0.15, 0.2) is 0 Å². The highest BCUT2D eigenvalue weighted by atomic mass is 17.4. The summed E-state index contributed by atoms with van der Waals surface area (Å²) in [5, 5.41) is 8.30. The summed E-state index contributed by atoms with van der Waals surface area (Å²) in [6, 6.07) is 0. The van der Waals surface area contributed by atoms with Gasteiger partial charge in [0.1, 0.15) is 19.8 Å². The number of hydrogen-bond donors (Lipinski definition) is 1. The van der Waals surface area contributed by atoms with Gasteiger partial charge in [-0.15, -0.1) is 0 Å². The van der Waals surface area contributed by atoms with E-state index in [1.54, 1.807) is 0 Å². The van der Waals surface area contributed by atoms with Crippen LogP contribution >= 0.6 is 0 Å². The second-order valence-electron chi connectivity index (χ2n) is 1.77. The van der Waals surface area contributed by atoms with Crippen molar-refractivity contribution in [1.29, 1.82) is 0 Å². The van der Waals surface area contributed by atoms with Crippen molar-refractivity contribution in [2.45, 2.75) is 0 Å². The Bertz CT molecular complexity index is 104. The van der Waals surface area contributed by atoms with Crippen molar-refractivity contribution < 1.29 is 34.2 Å². The Hall–Kier alpha value is -0.215. The fourth-order valence-corrected chi connectivity index (χ4v) is 0.464. The summed E-state index contributed by atoms with van der Waals surface area (Å²) < 4.78 is 0. The Morgan fingerprint density at radius 1 is 1.25 bits per heavy atom. The molecule has 0 aromatic carbocycles. The average Bonchev–Trinajstić information content (AvgIpc) is 2.33. The quantitative estimate of drug-likeness (QED) is 0.252.